The molecule has 1 atom stereocenters. The van der Waals surface area contributed by atoms with Crippen LogP contribution < -0.4 is 4.74 Å². The van der Waals surface area contributed by atoms with Crippen LogP contribution in [0.3, 0.4) is 0 Å². The van der Waals surface area contributed by atoms with E-state index < -0.39 is 6.10 Å². The van der Waals surface area contributed by atoms with E-state index in [4.69, 9.17) is 4.74 Å². The van der Waals surface area contributed by atoms with Gasteiger partial charge in [-0.3, -0.25) is 0 Å². The average molecular weight is 349 g/mol. The average Bonchev–Trinajstić information content (AvgIpc) is 2.94. The van der Waals surface area contributed by atoms with Crippen molar-refractivity contribution in [2.45, 2.75) is 6.10 Å². The zero-order valence-corrected chi connectivity index (χ0v) is 13.2. The van der Waals surface area contributed by atoms with Gasteiger partial charge < -0.3 is 9.84 Å². The third-order valence-electron chi connectivity index (χ3n) is 3.29. The second kappa shape index (κ2) is 5.56. The van der Waals surface area contributed by atoms with Gasteiger partial charge in [0, 0.05) is 20.3 Å². The molecule has 1 heterocycles. The van der Waals surface area contributed by atoms with Crippen molar-refractivity contribution in [3.05, 3.63) is 63.4 Å². The summed E-state index contributed by atoms with van der Waals surface area (Å²) >= 11 is 5.09. The largest absolute Gasteiger partial charge is 0.496 e. The molecule has 20 heavy (non-hydrogen) atoms. The second-order valence-electron chi connectivity index (χ2n) is 4.48. The van der Waals surface area contributed by atoms with E-state index in [9.17, 15) is 5.11 Å². The van der Waals surface area contributed by atoms with Gasteiger partial charge in [0.2, 0.25) is 0 Å². The molecule has 0 saturated carbocycles. The van der Waals surface area contributed by atoms with Crippen LogP contribution in [-0.2, 0) is 0 Å². The van der Waals surface area contributed by atoms with Gasteiger partial charge in [0.25, 0.3) is 0 Å². The monoisotopic (exact) mass is 348 g/mol. The zero-order chi connectivity index (χ0) is 14.1. The third kappa shape index (κ3) is 2.35. The maximum Gasteiger partial charge on any atom is 0.125 e. The molecule has 1 unspecified atom stereocenters. The maximum absolute atomic E-state index is 10.8. The van der Waals surface area contributed by atoms with Crippen molar-refractivity contribution >= 4 is 37.4 Å². The number of aliphatic hydroxyl groups is 1. The number of benzene rings is 2. The summed E-state index contributed by atoms with van der Waals surface area (Å²) < 4.78 is 7.39. The number of thiophene rings is 1. The fraction of sp³-hybridized carbons (Fsp3) is 0.125. The number of fused-ring (bicyclic) bond motifs is 1. The molecule has 0 bridgehead atoms. The van der Waals surface area contributed by atoms with E-state index in [-0.39, 0.29) is 0 Å². The number of methoxy groups -OCH3 is 1. The molecular formula is C16H13BrO2S. The summed E-state index contributed by atoms with van der Waals surface area (Å²) in [6, 6.07) is 13.7. The molecule has 0 aliphatic rings. The van der Waals surface area contributed by atoms with Crippen LogP contribution in [0.4, 0.5) is 0 Å². The number of halogens is 1. The lowest BCUT2D eigenvalue weighted by atomic mass is 9.99. The standard InChI is InChI=1S/C16H13BrO2S/c1-19-14-6-5-11(17)9-13(14)15(18)12-4-2-3-10-7-8-20-16(10)12/h2-9,15,18H,1H3. The summed E-state index contributed by atoms with van der Waals surface area (Å²) in [7, 11) is 1.62. The van der Waals surface area contributed by atoms with Crippen LogP contribution in [0, 0.1) is 0 Å². The molecule has 1 N–H and O–H groups in total. The number of hydrogen-bond acceptors (Lipinski definition) is 3. The maximum atomic E-state index is 10.8. The first-order valence-electron chi connectivity index (χ1n) is 6.18. The molecule has 3 aromatic rings. The topological polar surface area (TPSA) is 29.5 Å². The summed E-state index contributed by atoms with van der Waals surface area (Å²) in [5.74, 6) is 0.689. The highest BCUT2D eigenvalue weighted by Gasteiger charge is 2.18. The number of rotatable bonds is 3. The van der Waals surface area contributed by atoms with E-state index in [2.05, 4.69) is 28.1 Å². The molecule has 0 aliphatic carbocycles. The minimum Gasteiger partial charge on any atom is -0.496 e. The third-order valence-corrected chi connectivity index (χ3v) is 4.76. The van der Waals surface area contributed by atoms with Crippen LogP contribution in [0.1, 0.15) is 17.2 Å². The molecule has 102 valence electrons. The van der Waals surface area contributed by atoms with Gasteiger partial charge in [-0.05, 0) is 35.0 Å². The molecule has 0 amide bonds. The minimum atomic E-state index is -0.704. The fourth-order valence-electron chi connectivity index (χ4n) is 2.32. The molecule has 1 aromatic heterocycles. The fourth-order valence-corrected chi connectivity index (χ4v) is 3.64. The lowest BCUT2D eigenvalue weighted by molar-refractivity contribution is 0.216. The SMILES string of the molecule is COc1ccc(Br)cc1C(O)c1cccc2ccsc12. The molecule has 0 fully saturated rings. The van der Waals surface area contributed by atoms with E-state index in [1.165, 1.54) is 0 Å². The Hall–Kier alpha value is -1.36. The first-order valence-corrected chi connectivity index (χ1v) is 7.85. The summed E-state index contributed by atoms with van der Waals surface area (Å²) in [6.07, 6.45) is -0.704. The number of hydrogen-bond donors (Lipinski definition) is 1. The molecule has 0 aliphatic heterocycles. The van der Waals surface area contributed by atoms with Gasteiger partial charge in [0.05, 0.1) is 7.11 Å². The summed E-state index contributed by atoms with van der Waals surface area (Å²) in [4.78, 5) is 0. The van der Waals surface area contributed by atoms with Crippen molar-refractivity contribution in [2.24, 2.45) is 0 Å². The van der Waals surface area contributed by atoms with Crippen LogP contribution in [0.5, 0.6) is 5.75 Å². The Morgan fingerprint density at radius 1 is 1.15 bits per heavy atom. The zero-order valence-electron chi connectivity index (χ0n) is 10.8. The van der Waals surface area contributed by atoms with Gasteiger partial charge in [0.15, 0.2) is 0 Å². The molecule has 4 heteroatoms. The predicted octanol–water partition coefficient (Wildman–Crippen LogP) is 4.75. The minimum absolute atomic E-state index is 0.689. The summed E-state index contributed by atoms with van der Waals surface area (Å²) in [5.41, 5.74) is 1.68. The Kier molecular flexibility index (Phi) is 3.78. The van der Waals surface area contributed by atoms with E-state index in [1.54, 1.807) is 18.4 Å². The van der Waals surface area contributed by atoms with Crippen molar-refractivity contribution in [3.8, 4) is 5.75 Å². The Morgan fingerprint density at radius 2 is 2.00 bits per heavy atom. The summed E-state index contributed by atoms with van der Waals surface area (Å²) in [5, 5.41) is 13.9. The molecule has 0 radical (unpaired) electrons. The smallest absolute Gasteiger partial charge is 0.125 e. The number of aliphatic hydroxyl groups excluding tert-OH is 1. The van der Waals surface area contributed by atoms with Crippen LogP contribution in [-0.4, -0.2) is 12.2 Å². The first kappa shape index (κ1) is 13.6. The van der Waals surface area contributed by atoms with Gasteiger partial charge in [-0.15, -0.1) is 11.3 Å². The Labute approximate surface area is 129 Å². The van der Waals surface area contributed by atoms with Crippen molar-refractivity contribution in [1.82, 2.24) is 0 Å². The van der Waals surface area contributed by atoms with E-state index in [1.807, 2.05) is 35.7 Å². The molecule has 3 rings (SSSR count). The normalized spacial score (nSPS) is 12.6. The highest BCUT2D eigenvalue weighted by atomic mass is 79.9. The second-order valence-corrected chi connectivity index (χ2v) is 6.31. The van der Waals surface area contributed by atoms with Crippen LogP contribution in [0.2, 0.25) is 0 Å². The highest BCUT2D eigenvalue weighted by Crippen LogP contribution is 2.36. The van der Waals surface area contributed by atoms with E-state index in [0.717, 1.165) is 25.7 Å². The van der Waals surface area contributed by atoms with Crippen LogP contribution >= 0.6 is 27.3 Å². The van der Waals surface area contributed by atoms with E-state index in [0.29, 0.717) is 5.75 Å². The highest BCUT2D eigenvalue weighted by molar-refractivity contribution is 9.10. The van der Waals surface area contributed by atoms with Crippen molar-refractivity contribution in [1.29, 1.82) is 0 Å². The van der Waals surface area contributed by atoms with Crippen LogP contribution in [0.25, 0.3) is 10.1 Å². The first-order chi connectivity index (χ1) is 9.70. The van der Waals surface area contributed by atoms with Gasteiger partial charge in [0.1, 0.15) is 11.9 Å². The molecule has 0 spiro atoms. The Bertz CT molecular complexity index is 751. The molecule has 0 saturated heterocycles. The van der Waals surface area contributed by atoms with Gasteiger partial charge >= 0.3 is 0 Å². The van der Waals surface area contributed by atoms with Crippen molar-refractivity contribution in [2.75, 3.05) is 7.11 Å². The molecule has 2 nitrogen and oxygen atoms in total. The Morgan fingerprint density at radius 3 is 2.80 bits per heavy atom. The van der Waals surface area contributed by atoms with Crippen molar-refractivity contribution < 1.29 is 9.84 Å². The lowest BCUT2D eigenvalue weighted by Gasteiger charge is -2.16. The molecule has 2 aromatic carbocycles. The lowest BCUT2D eigenvalue weighted by Crippen LogP contribution is -2.02. The Balaban J connectivity index is 2.15. The van der Waals surface area contributed by atoms with Crippen LogP contribution in [0.15, 0.2) is 52.3 Å². The quantitative estimate of drug-likeness (QED) is 0.739. The molecular weight excluding hydrogens is 336 g/mol. The van der Waals surface area contributed by atoms with Crippen molar-refractivity contribution in [3.63, 3.8) is 0 Å². The number of ether oxygens (including phenoxy) is 1. The summed E-state index contributed by atoms with van der Waals surface area (Å²) in [6.45, 7) is 0. The van der Waals surface area contributed by atoms with Gasteiger partial charge in [-0.25, -0.2) is 0 Å². The predicted molar refractivity (Wildman–Crippen MR) is 86.6 cm³/mol. The van der Waals surface area contributed by atoms with E-state index >= 15 is 0 Å². The van der Waals surface area contributed by atoms with Gasteiger partial charge in [-0.1, -0.05) is 34.1 Å². The van der Waals surface area contributed by atoms with Gasteiger partial charge in [-0.2, -0.15) is 0 Å².